The van der Waals surface area contributed by atoms with Crippen LogP contribution in [0.15, 0.2) is 24.3 Å². The van der Waals surface area contributed by atoms with Crippen molar-refractivity contribution < 1.29 is 26.4 Å². The van der Waals surface area contributed by atoms with Crippen LogP contribution in [0, 0.1) is 0 Å². The van der Waals surface area contributed by atoms with Gasteiger partial charge in [0.1, 0.15) is 0 Å². The molecule has 3 nitrogen and oxygen atoms in total. The van der Waals surface area contributed by atoms with Crippen LogP contribution in [0.4, 0.5) is 13.2 Å². The third kappa shape index (κ3) is 3.55. The second-order valence-corrected chi connectivity index (χ2v) is 6.61. The van der Waals surface area contributed by atoms with Crippen molar-refractivity contribution in [3.63, 3.8) is 0 Å². The van der Waals surface area contributed by atoms with E-state index in [0.717, 1.165) is 12.1 Å². The van der Waals surface area contributed by atoms with Gasteiger partial charge in [-0.15, -0.1) is 0 Å². The van der Waals surface area contributed by atoms with Gasteiger partial charge in [0.2, 0.25) is 0 Å². The number of hydrogen-bond acceptors (Lipinski definition) is 3. The fourth-order valence-corrected chi connectivity index (χ4v) is 3.20. The molecule has 0 amide bonds. The molecule has 0 N–H and O–H groups in total. The molecular formula is C11H15F3O3Si. The second-order valence-electron chi connectivity index (χ2n) is 3.67. The highest BCUT2D eigenvalue weighted by Gasteiger charge is 2.38. The molecule has 0 radical (unpaired) electrons. The first-order chi connectivity index (χ1) is 8.37. The molecule has 0 saturated carbocycles. The van der Waals surface area contributed by atoms with E-state index >= 15 is 0 Å². The van der Waals surface area contributed by atoms with Gasteiger partial charge in [0.25, 0.3) is 0 Å². The Kier molecular flexibility index (Phi) is 4.91. The van der Waals surface area contributed by atoms with Crippen molar-refractivity contribution in [1.82, 2.24) is 0 Å². The summed E-state index contributed by atoms with van der Waals surface area (Å²) in [6.45, 7) is 0. The van der Waals surface area contributed by atoms with E-state index in [4.69, 9.17) is 13.3 Å². The van der Waals surface area contributed by atoms with Crippen molar-refractivity contribution in [3.05, 3.63) is 35.4 Å². The second kappa shape index (κ2) is 5.83. The highest BCUT2D eigenvalue weighted by atomic mass is 28.4. The van der Waals surface area contributed by atoms with Crippen molar-refractivity contribution in [3.8, 4) is 0 Å². The van der Waals surface area contributed by atoms with Crippen LogP contribution in [0.25, 0.3) is 0 Å². The largest absolute Gasteiger partial charge is 0.504 e. The molecule has 7 heteroatoms. The van der Waals surface area contributed by atoms with Crippen LogP contribution in [0.5, 0.6) is 0 Å². The van der Waals surface area contributed by atoms with E-state index in [-0.39, 0.29) is 0 Å². The first-order valence-corrected chi connectivity index (χ1v) is 7.11. The summed E-state index contributed by atoms with van der Waals surface area (Å²) in [6, 6.07) is 5.21. The zero-order chi connectivity index (χ0) is 13.8. The summed E-state index contributed by atoms with van der Waals surface area (Å²) in [7, 11) is 1.58. The summed E-state index contributed by atoms with van der Waals surface area (Å²) in [4.78, 5) is 0. The van der Waals surface area contributed by atoms with Gasteiger partial charge in [-0.25, -0.2) is 0 Å². The average Bonchev–Trinajstić information content (AvgIpc) is 2.36. The van der Waals surface area contributed by atoms with Gasteiger partial charge in [0, 0.05) is 27.4 Å². The molecule has 0 aliphatic heterocycles. The fraction of sp³-hybridized carbons (Fsp3) is 0.455. The standard InChI is InChI=1S/C11H15F3O3Si/c1-15-18(16-2,17-3)8-9-4-6-10(7-5-9)11(12,13)14/h4-7H,8H2,1-3H3. The van der Waals surface area contributed by atoms with Gasteiger partial charge in [-0.1, -0.05) is 12.1 Å². The maximum Gasteiger partial charge on any atom is 0.504 e. The summed E-state index contributed by atoms with van der Waals surface area (Å²) in [5, 5.41) is 0. The first-order valence-electron chi connectivity index (χ1n) is 5.18. The number of halogens is 3. The molecule has 0 atom stereocenters. The summed E-state index contributed by atoms with van der Waals surface area (Å²) < 4.78 is 52.8. The van der Waals surface area contributed by atoms with Crippen LogP contribution in [-0.4, -0.2) is 30.1 Å². The van der Waals surface area contributed by atoms with Crippen LogP contribution in [0.3, 0.4) is 0 Å². The minimum absolute atomic E-state index is 0.328. The highest BCUT2D eigenvalue weighted by Crippen LogP contribution is 2.29. The van der Waals surface area contributed by atoms with Crippen LogP contribution < -0.4 is 0 Å². The molecule has 1 aromatic rings. The van der Waals surface area contributed by atoms with Crippen LogP contribution in [-0.2, 0) is 25.5 Å². The maximum atomic E-state index is 12.4. The lowest BCUT2D eigenvalue weighted by molar-refractivity contribution is -0.137. The Morgan fingerprint density at radius 1 is 0.944 bits per heavy atom. The molecule has 1 aromatic carbocycles. The van der Waals surface area contributed by atoms with E-state index in [1.807, 2.05) is 0 Å². The minimum Gasteiger partial charge on any atom is -0.377 e. The van der Waals surface area contributed by atoms with Crippen molar-refractivity contribution in [2.24, 2.45) is 0 Å². The van der Waals surface area contributed by atoms with E-state index in [9.17, 15) is 13.2 Å². The predicted molar refractivity (Wildman–Crippen MR) is 61.9 cm³/mol. The van der Waals surface area contributed by atoms with E-state index < -0.39 is 20.5 Å². The molecule has 0 spiro atoms. The minimum atomic E-state index is -4.32. The maximum absolute atomic E-state index is 12.4. The molecule has 0 aliphatic carbocycles. The molecular weight excluding hydrogens is 265 g/mol. The SMILES string of the molecule is CO[Si](Cc1ccc(C(F)(F)F)cc1)(OC)OC. The highest BCUT2D eigenvalue weighted by molar-refractivity contribution is 6.60. The summed E-state index contributed by atoms with van der Waals surface area (Å²) in [5.74, 6) is 0. The number of rotatable bonds is 5. The molecule has 102 valence electrons. The van der Waals surface area contributed by atoms with Gasteiger partial charge in [0.05, 0.1) is 5.56 Å². The third-order valence-electron chi connectivity index (χ3n) is 2.63. The Labute approximate surface area is 105 Å². The fourth-order valence-electron chi connectivity index (χ4n) is 1.53. The molecule has 0 saturated heterocycles. The van der Waals surface area contributed by atoms with Crippen molar-refractivity contribution in [2.45, 2.75) is 12.2 Å². The van der Waals surface area contributed by atoms with Gasteiger partial charge in [-0.3, -0.25) is 0 Å². The topological polar surface area (TPSA) is 27.7 Å². The molecule has 0 heterocycles. The van der Waals surface area contributed by atoms with Gasteiger partial charge in [0.15, 0.2) is 0 Å². The number of alkyl halides is 3. The van der Waals surface area contributed by atoms with Crippen LogP contribution in [0.2, 0.25) is 0 Å². The van der Waals surface area contributed by atoms with E-state index in [2.05, 4.69) is 0 Å². The third-order valence-corrected chi connectivity index (χ3v) is 5.34. The monoisotopic (exact) mass is 280 g/mol. The van der Waals surface area contributed by atoms with Gasteiger partial charge >= 0.3 is 15.0 Å². The van der Waals surface area contributed by atoms with Crippen molar-refractivity contribution in [1.29, 1.82) is 0 Å². The number of hydrogen-bond donors (Lipinski definition) is 0. The number of benzene rings is 1. The molecule has 1 rings (SSSR count). The van der Waals surface area contributed by atoms with Gasteiger partial charge < -0.3 is 13.3 Å². The zero-order valence-electron chi connectivity index (χ0n) is 10.4. The van der Waals surface area contributed by atoms with Crippen molar-refractivity contribution >= 4 is 8.80 Å². The summed E-state index contributed by atoms with van der Waals surface area (Å²) >= 11 is 0. The molecule has 0 bridgehead atoms. The van der Waals surface area contributed by atoms with E-state index in [1.165, 1.54) is 33.5 Å². The van der Waals surface area contributed by atoms with Gasteiger partial charge in [-0.2, -0.15) is 13.2 Å². The molecule has 18 heavy (non-hydrogen) atoms. The zero-order valence-corrected chi connectivity index (χ0v) is 11.4. The average molecular weight is 280 g/mol. The lowest BCUT2D eigenvalue weighted by Gasteiger charge is -2.24. The van der Waals surface area contributed by atoms with Crippen molar-refractivity contribution in [2.75, 3.05) is 21.3 Å². The Bertz CT molecular complexity index is 366. The first kappa shape index (κ1) is 15.2. The molecule has 0 unspecified atom stereocenters. The van der Waals surface area contributed by atoms with Crippen LogP contribution in [0.1, 0.15) is 11.1 Å². The Morgan fingerprint density at radius 3 is 1.72 bits per heavy atom. The van der Waals surface area contributed by atoms with Crippen LogP contribution >= 0.6 is 0 Å². The molecule has 0 aromatic heterocycles. The lowest BCUT2D eigenvalue weighted by atomic mass is 10.1. The summed E-state index contributed by atoms with van der Waals surface area (Å²) in [6.07, 6.45) is -4.32. The summed E-state index contributed by atoms with van der Waals surface area (Å²) in [5.41, 5.74) is 0.00554. The van der Waals surface area contributed by atoms with E-state index in [1.54, 1.807) is 0 Å². The quantitative estimate of drug-likeness (QED) is 0.776. The molecule has 0 fully saturated rings. The molecule has 0 aliphatic rings. The van der Waals surface area contributed by atoms with Gasteiger partial charge in [-0.05, 0) is 17.7 Å². The Balaban J connectivity index is 2.86. The Morgan fingerprint density at radius 2 is 1.39 bits per heavy atom. The lowest BCUT2D eigenvalue weighted by Crippen LogP contribution is -2.45. The van der Waals surface area contributed by atoms with E-state index in [0.29, 0.717) is 11.6 Å². The normalized spacial score (nSPS) is 12.8. The smallest absolute Gasteiger partial charge is 0.377 e. The predicted octanol–water partition coefficient (Wildman–Crippen LogP) is 2.67. The Hall–Kier alpha value is -0.893.